The van der Waals surface area contributed by atoms with Gasteiger partial charge in [-0.3, -0.25) is 19.3 Å². The molecule has 2 aromatic rings. The van der Waals surface area contributed by atoms with Crippen molar-refractivity contribution in [1.82, 2.24) is 10.1 Å². The van der Waals surface area contributed by atoms with Crippen molar-refractivity contribution < 1.29 is 42.3 Å². The number of ether oxygens (including phenoxy) is 2. The minimum Gasteiger partial charge on any atom is -0.508 e. The van der Waals surface area contributed by atoms with Crippen LogP contribution in [0.4, 0.5) is 4.39 Å². The minimum absolute atomic E-state index is 0.0184. The van der Waals surface area contributed by atoms with E-state index in [9.17, 15) is 14.7 Å². The molecule has 1 saturated heterocycles. The maximum Gasteiger partial charge on any atom is 0.265 e. The van der Waals surface area contributed by atoms with Crippen LogP contribution in [0.2, 0.25) is 18.1 Å². The molecular formula is C38H50BrFN2O8Si. The van der Waals surface area contributed by atoms with Crippen LogP contribution in [0.25, 0.3) is 0 Å². The van der Waals surface area contributed by atoms with Gasteiger partial charge in [-0.05, 0) is 96.8 Å². The number of rotatable bonds is 12. The van der Waals surface area contributed by atoms with Gasteiger partial charge < -0.3 is 23.5 Å². The van der Waals surface area contributed by atoms with Crippen molar-refractivity contribution in [2.24, 2.45) is 11.8 Å². The van der Waals surface area contributed by atoms with E-state index < -0.39 is 54.9 Å². The topological polar surface area (TPSA) is 128 Å². The second kappa shape index (κ2) is 14.2. The number of allylic oxidation sites excluding steroid dienone is 1. The third kappa shape index (κ3) is 6.03. The number of aliphatic hydroxyl groups is 1. The van der Waals surface area contributed by atoms with Crippen LogP contribution in [0.15, 0.2) is 20.3 Å². The maximum atomic E-state index is 16.2. The van der Waals surface area contributed by atoms with Crippen molar-refractivity contribution in [2.45, 2.75) is 116 Å². The lowest BCUT2D eigenvalue weighted by Crippen LogP contribution is -2.65. The van der Waals surface area contributed by atoms with Gasteiger partial charge in [-0.25, -0.2) is 4.39 Å². The molecular weight excluding hydrogens is 739 g/mol. The zero-order chi connectivity index (χ0) is 37.0. The predicted octanol–water partition coefficient (Wildman–Crippen LogP) is 8.73. The molecule has 3 aliphatic carbocycles. The van der Waals surface area contributed by atoms with E-state index in [0.29, 0.717) is 25.1 Å². The van der Waals surface area contributed by atoms with Gasteiger partial charge in [-0.15, -0.1) is 0 Å². The second-order valence-corrected chi connectivity index (χ2v) is 21.4. The summed E-state index contributed by atoms with van der Waals surface area (Å²) in [6, 6.07) is -0.533. The van der Waals surface area contributed by atoms with Crippen LogP contribution < -0.4 is 9.47 Å². The summed E-state index contributed by atoms with van der Waals surface area (Å²) in [7, 11) is -2.89. The van der Waals surface area contributed by atoms with Crippen LogP contribution >= 0.6 is 15.9 Å². The quantitative estimate of drug-likeness (QED) is 0.127. The summed E-state index contributed by atoms with van der Waals surface area (Å²) in [5.41, 5.74) is -2.00. The number of halogens is 2. The van der Waals surface area contributed by atoms with Gasteiger partial charge in [-0.1, -0.05) is 47.5 Å². The molecule has 4 atom stereocenters. The molecule has 0 unspecified atom stereocenters. The number of hydrogen-bond acceptors (Lipinski definition) is 10. The first kappa shape index (κ1) is 37.9. The van der Waals surface area contributed by atoms with E-state index in [0.717, 1.165) is 45.2 Å². The lowest BCUT2D eigenvalue weighted by Gasteiger charge is -2.55. The average Bonchev–Trinajstić information content (AvgIpc) is 3.75. The number of aldehydes is 1. The van der Waals surface area contributed by atoms with E-state index >= 15 is 9.18 Å². The summed E-state index contributed by atoms with van der Waals surface area (Å²) in [4.78, 5) is 44.7. The summed E-state index contributed by atoms with van der Waals surface area (Å²) < 4.78 is 41.7. The monoisotopic (exact) mass is 788 g/mol. The predicted molar refractivity (Wildman–Crippen MR) is 195 cm³/mol. The van der Waals surface area contributed by atoms with Crippen LogP contribution in [-0.4, -0.2) is 73.2 Å². The lowest BCUT2D eigenvalue weighted by molar-refractivity contribution is -0.0523. The first-order chi connectivity index (χ1) is 24.2. The Bertz CT molecular complexity index is 1760. The van der Waals surface area contributed by atoms with Crippen molar-refractivity contribution in [3.05, 3.63) is 49.6 Å². The number of Topliss-reactive ketones (excluding diaryl/α,β-unsaturated/α-hetero) is 2. The second-order valence-electron chi connectivity index (χ2n) is 15.9. The highest BCUT2D eigenvalue weighted by Crippen LogP contribution is 2.60. The van der Waals surface area contributed by atoms with Crippen LogP contribution in [0.5, 0.6) is 11.6 Å². The third-order valence-corrected chi connectivity index (χ3v) is 17.0. The van der Waals surface area contributed by atoms with Gasteiger partial charge in [0.25, 0.3) is 5.88 Å². The number of ketones is 2. The van der Waals surface area contributed by atoms with E-state index in [1.54, 1.807) is 0 Å². The SMILES string of the molecule is CCCCOc1noc2c1C(=O)[C@@]1(O[Si](C)(C)C(C)(C)C)C(O)=C3C(=O)c4c(c(F)c(C=O)c(Br)c4OCCCC)C[C@H]3C[C@H]1[C@@H]2N1CCCC1. The lowest BCUT2D eigenvalue weighted by atomic mass is 9.58. The molecule has 10 nitrogen and oxygen atoms in total. The highest BCUT2D eigenvalue weighted by Gasteiger charge is 2.68. The molecule has 1 N–H and O–H groups in total. The molecule has 6 rings (SSSR count). The number of benzene rings is 1. The smallest absolute Gasteiger partial charge is 0.265 e. The number of unbranched alkanes of at least 4 members (excludes halogenated alkanes) is 2. The molecule has 1 aromatic heterocycles. The molecule has 1 aromatic carbocycles. The minimum atomic E-state index is -2.89. The maximum absolute atomic E-state index is 16.2. The van der Waals surface area contributed by atoms with Crippen molar-refractivity contribution in [3.8, 4) is 11.6 Å². The van der Waals surface area contributed by atoms with E-state index in [1.165, 1.54) is 0 Å². The van der Waals surface area contributed by atoms with Crippen LogP contribution in [-0.2, 0) is 10.8 Å². The zero-order valence-electron chi connectivity index (χ0n) is 30.7. The molecule has 13 heteroatoms. The molecule has 0 spiro atoms. The molecule has 0 radical (unpaired) electrons. The van der Waals surface area contributed by atoms with Gasteiger partial charge in [0.05, 0.1) is 34.9 Å². The van der Waals surface area contributed by atoms with Crippen LogP contribution in [0.1, 0.15) is 128 Å². The van der Waals surface area contributed by atoms with Gasteiger partial charge in [-0.2, -0.15) is 0 Å². The van der Waals surface area contributed by atoms with Crippen molar-refractivity contribution in [2.75, 3.05) is 26.3 Å². The van der Waals surface area contributed by atoms with E-state index in [2.05, 4.69) is 46.8 Å². The molecule has 4 aliphatic rings. The zero-order valence-corrected chi connectivity index (χ0v) is 33.3. The van der Waals surface area contributed by atoms with Gasteiger partial charge in [0, 0.05) is 17.1 Å². The summed E-state index contributed by atoms with van der Waals surface area (Å²) in [5, 5.41) is 16.7. The summed E-state index contributed by atoms with van der Waals surface area (Å²) in [5.74, 6) is -3.30. The van der Waals surface area contributed by atoms with E-state index in [1.807, 2.05) is 26.9 Å². The number of hydrogen-bond donors (Lipinski definition) is 1. The molecule has 0 amide bonds. The van der Waals surface area contributed by atoms with E-state index in [-0.39, 0.29) is 68.4 Å². The van der Waals surface area contributed by atoms with Gasteiger partial charge in [0.2, 0.25) is 5.78 Å². The molecule has 0 bridgehead atoms. The fourth-order valence-corrected chi connectivity index (χ4v) is 10.0. The molecule has 278 valence electrons. The average molecular weight is 790 g/mol. The van der Waals surface area contributed by atoms with Gasteiger partial charge >= 0.3 is 0 Å². The summed E-state index contributed by atoms with van der Waals surface area (Å²) in [6.45, 7) is 16.3. The Labute approximate surface area is 308 Å². The molecule has 1 fully saturated rings. The first-order valence-electron chi connectivity index (χ1n) is 18.4. The van der Waals surface area contributed by atoms with Gasteiger partial charge in [0.15, 0.2) is 31.7 Å². The third-order valence-electron chi connectivity index (χ3n) is 11.7. The van der Waals surface area contributed by atoms with Crippen LogP contribution in [0.3, 0.4) is 0 Å². The van der Waals surface area contributed by atoms with Gasteiger partial charge in [0.1, 0.15) is 22.9 Å². The Hall–Kier alpha value is -2.87. The largest absolute Gasteiger partial charge is 0.508 e. The fourth-order valence-electron chi connectivity index (χ4n) is 8.02. The Balaban J connectivity index is 1.62. The van der Waals surface area contributed by atoms with E-state index in [4.69, 9.17) is 18.4 Å². The summed E-state index contributed by atoms with van der Waals surface area (Å²) in [6.07, 6.45) is 5.64. The highest BCUT2D eigenvalue weighted by atomic mass is 79.9. The van der Waals surface area contributed by atoms with Crippen molar-refractivity contribution >= 4 is 42.1 Å². The molecule has 51 heavy (non-hydrogen) atoms. The molecule has 1 aliphatic heterocycles. The number of likely N-dealkylation sites (tertiary alicyclic amines) is 1. The standard InChI is InChI=1S/C38H50BrFN2O8Si/c1-8-10-16-47-32-26-22(29(40)23(20-43)28(32)39)18-21-19-24-30(42-14-12-13-15-42)33-27(36(41-49-33)48-17-11-9-2)35(46)38(24,34(45)25(21)31(26)44)50-51(6,7)37(3,4)5/h20-21,24,30,45H,8-19H2,1-7H3/t21-,24-,30-,38-/m0/s1. The van der Waals surface area contributed by atoms with Crippen molar-refractivity contribution in [1.29, 1.82) is 0 Å². The number of fused-ring (bicyclic) bond motifs is 4. The molecule has 0 saturated carbocycles. The number of carbonyl (C=O) groups excluding carboxylic acids is 3. The molecule has 2 heterocycles. The fraction of sp³-hybridized carbons (Fsp3) is 0.632. The normalized spacial score (nSPS) is 25.0. The Kier molecular flexibility index (Phi) is 10.5. The first-order valence-corrected chi connectivity index (χ1v) is 22.1. The van der Waals surface area contributed by atoms with Crippen LogP contribution in [0, 0.1) is 17.7 Å². The Morgan fingerprint density at radius 3 is 2.35 bits per heavy atom. The number of nitrogens with zero attached hydrogens (tertiary/aromatic N) is 2. The highest BCUT2D eigenvalue weighted by molar-refractivity contribution is 9.10. The number of aliphatic hydroxyl groups excluding tert-OH is 1. The number of carbonyl (C=O) groups is 3. The van der Waals surface area contributed by atoms with Crippen molar-refractivity contribution in [3.63, 3.8) is 0 Å². The number of aromatic nitrogens is 1. The summed E-state index contributed by atoms with van der Waals surface area (Å²) >= 11 is 3.35. The Morgan fingerprint density at radius 1 is 1.10 bits per heavy atom. The Morgan fingerprint density at radius 2 is 1.75 bits per heavy atom.